The summed E-state index contributed by atoms with van der Waals surface area (Å²) >= 11 is 0. The van der Waals surface area contributed by atoms with E-state index in [0.29, 0.717) is 30.8 Å². The number of esters is 1. The van der Waals surface area contributed by atoms with E-state index in [0.717, 1.165) is 35.0 Å². The predicted molar refractivity (Wildman–Crippen MR) is 132 cm³/mol. The molecule has 0 radical (unpaired) electrons. The van der Waals surface area contributed by atoms with E-state index in [-0.39, 0.29) is 11.7 Å². The molecule has 9 heteroatoms. The summed E-state index contributed by atoms with van der Waals surface area (Å²) in [7, 11) is 0. The first-order valence-corrected chi connectivity index (χ1v) is 11.3. The third-order valence-electron chi connectivity index (χ3n) is 5.76. The summed E-state index contributed by atoms with van der Waals surface area (Å²) in [5.41, 5.74) is 2.61. The van der Waals surface area contributed by atoms with Gasteiger partial charge in [-0.25, -0.2) is 0 Å². The van der Waals surface area contributed by atoms with Crippen LogP contribution < -0.4 is 10.6 Å². The number of anilines is 2. The van der Waals surface area contributed by atoms with Gasteiger partial charge in [-0.3, -0.25) is 14.9 Å². The molecular weight excluding hydrogens is 434 g/mol. The molecule has 1 aliphatic heterocycles. The Morgan fingerprint density at radius 3 is 2.50 bits per heavy atom. The quantitative estimate of drug-likeness (QED) is 0.118. The molecule has 0 aromatic heterocycles. The summed E-state index contributed by atoms with van der Waals surface area (Å²) in [6.07, 6.45) is 2.74. The molecule has 0 spiro atoms. The van der Waals surface area contributed by atoms with Crippen LogP contribution in [-0.2, 0) is 9.53 Å². The summed E-state index contributed by atoms with van der Waals surface area (Å²) in [4.78, 5) is 22.5. The minimum Gasteiger partial charge on any atom is -0.466 e. The minimum atomic E-state index is -0.507. The highest BCUT2D eigenvalue weighted by atomic mass is 16.6. The van der Waals surface area contributed by atoms with Crippen LogP contribution in [0.3, 0.4) is 0 Å². The third-order valence-corrected chi connectivity index (χ3v) is 5.76. The van der Waals surface area contributed by atoms with Crippen molar-refractivity contribution in [3.05, 3.63) is 64.7 Å². The molecular formula is C25H27N5O4. The molecule has 3 aromatic rings. The lowest BCUT2D eigenvalue weighted by Gasteiger charge is -2.39. The first-order valence-electron chi connectivity index (χ1n) is 11.3. The monoisotopic (exact) mass is 461 g/mol. The highest BCUT2D eigenvalue weighted by Gasteiger charge is 2.31. The maximum atomic E-state index is 12.1. The fraction of sp³-hybridized carbons (Fsp3) is 0.320. The van der Waals surface area contributed by atoms with Gasteiger partial charge < -0.3 is 15.4 Å². The number of non-ortho nitro benzene ring substituents is 1. The summed E-state index contributed by atoms with van der Waals surface area (Å²) in [5.74, 6) is -0.190. The van der Waals surface area contributed by atoms with Gasteiger partial charge >= 0.3 is 5.97 Å². The Labute approximate surface area is 197 Å². The molecule has 1 aliphatic rings. The van der Waals surface area contributed by atoms with Gasteiger partial charge in [0.05, 0.1) is 22.9 Å². The number of unbranched alkanes of at least 4 members (excludes halogenated alkanes) is 1. The highest BCUT2D eigenvalue weighted by Crippen LogP contribution is 2.42. The molecule has 0 saturated carbocycles. The van der Waals surface area contributed by atoms with Crippen LogP contribution in [0.4, 0.5) is 28.4 Å². The first kappa shape index (κ1) is 23.2. The van der Waals surface area contributed by atoms with Crippen LogP contribution >= 0.6 is 0 Å². The van der Waals surface area contributed by atoms with Crippen molar-refractivity contribution in [3.63, 3.8) is 0 Å². The number of nitro benzene ring substituents is 1. The van der Waals surface area contributed by atoms with Crippen LogP contribution in [0.15, 0.2) is 64.8 Å². The Balaban J connectivity index is 1.52. The molecule has 0 aliphatic carbocycles. The summed E-state index contributed by atoms with van der Waals surface area (Å²) in [5, 5.41) is 28.4. The Morgan fingerprint density at radius 2 is 1.79 bits per heavy atom. The summed E-state index contributed by atoms with van der Waals surface area (Å²) in [6.45, 7) is 4.55. The number of nitro groups is 1. The minimum absolute atomic E-state index is 0.00922. The molecule has 2 N–H and O–H groups in total. The zero-order valence-corrected chi connectivity index (χ0v) is 19.2. The highest BCUT2D eigenvalue weighted by molar-refractivity contribution is 6.09. The molecule has 0 bridgehead atoms. The molecule has 1 heterocycles. The molecule has 0 amide bonds. The standard InChI is InChI=1S/C25H27N5O4/c1-3-4-16-34-23(31)14-15-25(2)26-21-7-5-6-19-20(12-13-22(27-25)24(19)21)29-28-17-8-10-18(11-9-17)30(32)33/h5-13,26-27H,3-4,14-16H2,1-2H3. The SMILES string of the molecule is CCCCOC(=O)CCC1(C)Nc2cccc3c(N=Nc4ccc([N+](=O)[O-])cc4)ccc(c23)N1. The zero-order valence-electron chi connectivity index (χ0n) is 19.2. The number of nitrogens with zero attached hydrogens (tertiary/aromatic N) is 3. The number of nitrogens with one attached hydrogen (secondary N) is 2. The van der Waals surface area contributed by atoms with E-state index in [2.05, 4.69) is 27.8 Å². The second kappa shape index (κ2) is 9.86. The fourth-order valence-corrected chi connectivity index (χ4v) is 3.94. The average molecular weight is 462 g/mol. The van der Waals surface area contributed by atoms with Crippen LogP contribution in [0.5, 0.6) is 0 Å². The maximum absolute atomic E-state index is 12.1. The lowest BCUT2D eigenvalue weighted by Crippen LogP contribution is -2.45. The summed E-state index contributed by atoms with van der Waals surface area (Å²) < 4.78 is 5.29. The molecule has 34 heavy (non-hydrogen) atoms. The number of rotatable bonds is 9. The van der Waals surface area contributed by atoms with Gasteiger partial charge in [0.25, 0.3) is 5.69 Å². The van der Waals surface area contributed by atoms with E-state index in [1.54, 1.807) is 12.1 Å². The Morgan fingerprint density at radius 1 is 1.06 bits per heavy atom. The number of hydrogen-bond acceptors (Lipinski definition) is 8. The molecule has 0 saturated heterocycles. The Hall–Kier alpha value is -4.01. The van der Waals surface area contributed by atoms with Crippen molar-refractivity contribution in [2.45, 2.75) is 45.2 Å². The number of carbonyl (C=O) groups excluding carboxylic acids is 1. The van der Waals surface area contributed by atoms with E-state index in [4.69, 9.17) is 4.74 Å². The van der Waals surface area contributed by atoms with Crippen molar-refractivity contribution >= 4 is 45.2 Å². The molecule has 3 aromatic carbocycles. The topological polar surface area (TPSA) is 118 Å². The van der Waals surface area contributed by atoms with Gasteiger partial charge in [-0.05, 0) is 50.1 Å². The number of benzene rings is 3. The van der Waals surface area contributed by atoms with Gasteiger partial charge in [0, 0.05) is 40.7 Å². The van der Waals surface area contributed by atoms with Crippen LogP contribution in [0.2, 0.25) is 0 Å². The van der Waals surface area contributed by atoms with Gasteiger partial charge in [-0.2, -0.15) is 5.11 Å². The van der Waals surface area contributed by atoms with E-state index in [1.165, 1.54) is 12.1 Å². The normalized spacial score (nSPS) is 16.8. The number of hydrogen-bond donors (Lipinski definition) is 2. The van der Waals surface area contributed by atoms with Crippen molar-refractivity contribution in [2.75, 3.05) is 17.2 Å². The predicted octanol–water partition coefficient (Wildman–Crippen LogP) is 6.84. The van der Waals surface area contributed by atoms with Crippen molar-refractivity contribution in [1.29, 1.82) is 0 Å². The van der Waals surface area contributed by atoms with Crippen molar-refractivity contribution in [1.82, 2.24) is 0 Å². The lowest BCUT2D eigenvalue weighted by molar-refractivity contribution is -0.384. The molecule has 4 rings (SSSR count). The maximum Gasteiger partial charge on any atom is 0.305 e. The number of azo groups is 1. The molecule has 9 nitrogen and oxygen atoms in total. The first-order chi connectivity index (χ1) is 16.4. The largest absolute Gasteiger partial charge is 0.466 e. The fourth-order valence-electron chi connectivity index (χ4n) is 3.94. The smallest absolute Gasteiger partial charge is 0.305 e. The van der Waals surface area contributed by atoms with Gasteiger partial charge in [0.2, 0.25) is 0 Å². The lowest BCUT2D eigenvalue weighted by atomic mass is 9.96. The van der Waals surface area contributed by atoms with Gasteiger partial charge in [0.15, 0.2) is 0 Å². The van der Waals surface area contributed by atoms with E-state index >= 15 is 0 Å². The average Bonchev–Trinajstić information content (AvgIpc) is 2.83. The number of carbonyl (C=O) groups is 1. The molecule has 0 fully saturated rings. The van der Waals surface area contributed by atoms with Crippen LogP contribution in [0.1, 0.15) is 39.5 Å². The molecule has 1 unspecified atom stereocenters. The van der Waals surface area contributed by atoms with Crippen molar-refractivity contribution in [3.8, 4) is 0 Å². The van der Waals surface area contributed by atoms with Crippen LogP contribution in [0, 0.1) is 10.1 Å². The second-order valence-electron chi connectivity index (χ2n) is 8.49. The zero-order chi connectivity index (χ0) is 24.1. The number of ether oxygens (including phenoxy) is 1. The van der Waals surface area contributed by atoms with E-state index in [1.807, 2.05) is 37.3 Å². The van der Waals surface area contributed by atoms with E-state index in [9.17, 15) is 14.9 Å². The van der Waals surface area contributed by atoms with Gasteiger partial charge in [0.1, 0.15) is 5.66 Å². The van der Waals surface area contributed by atoms with Gasteiger partial charge in [-0.15, -0.1) is 5.11 Å². The summed E-state index contributed by atoms with van der Waals surface area (Å²) in [6, 6.07) is 15.7. The Bertz CT molecular complexity index is 1230. The van der Waals surface area contributed by atoms with Crippen LogP contribution in [0.25, 0.3) is 10.8 Å². The molecule has 176 valence electrons. The molecule has 1 atom stereocenters. The van der Waals surface area contributed by atoms with Crippen LogP contribution in [-0.4, -0.2) is 23.2 Å². The van der Waals surface area contributed by atoms with Gasteiger partial charge in [-0.1, -0.05) is 25.5 Å². The Kier molecular flexibility index (Phi) is 6.72. The van der Waals surface area contributed by atoms with Crippen molar-refractivity contribution in [2.24, 2.45) is 10.2 Å². The third kappa shape index (κ3) is 5.14. The second-order valence-corrected chi connectivity index (χ2v) is 8.49. The van der Waals surface area contributed by atoms with E-state index < -0.39 is 10.6 Å². The van der Waals surface area contributed by atoms with Crippen molar-refractivity contribution < 1.29 is 14.5 Å².